The molecule has 3 heterocycles. The second-order valence-corrected chi connectivity index (χ2v) is 12.9. The van der Waals surface area contributed by atoms with Crippen LogP contribution in [0.25, 0.3) is 10.9 Å². The number of carbonyl (C=O) groups is 2. The van der Waals surface area contributed by atoms with Gasteiger partial charge in [-0.25, -0.2) is 0 Å². The molecule has 236 valence electrons. The first-order valence-corrected chi connectivity index (χ1v) is 15.1. The average Bonchev–Trinajstić information content (AvgIpc) is 3.27. The van der Waals surface area contributed by atoms with Gasteiger partial charge in [-0.15, -0.1) is 0 Å². The van der Waals surface area contributed by atoms with Crippen molar-refractivity contribution < 1.29 is 27.5 Å². The topological polar surface area (TPSA) is 121 Å². The molecule has 1 saturated carbocycles. The van der Waals surface area contributed by atoms with Crippen LogP contribution in [0.15, 0.2) is 18.2 Å². The van der Waals surface area contributed by atoms with Crippen molar-refractivity contribution in [2.24, 2.45) is 0 Å². The molecule has 3 fully saturated rings. The van der Waals surface area contributed by atoms with Crippen molar-refractivity contribution in [2.45, 2.75) is 108 Å². The average molecular weight is 606 g/mol. The van der Waals surface area contributed by atoms with E-state index in [1.54, 1.807) is 0 Å². The summed E-state index contributed by atoms with van der Waals surface area (Å²) in [6.07, 6.45) is -0.428. The minimum Gasteiger partial charge on any atom is -0.460 e. The minimum absolute atomic E-state index is 0.0688. The molecule has 43 heavy (non-hydrogen) atoms. The molecule has 10 nitrogen and oxygen atoms in total. The highest BCUT2D eigenvalue weighted by Gasteiger charge is 2.43. The number of ether oxygens (including phenoxy) is 1. The molecule has 3 aliphatic rings. The number of alkyl halides is 3. The van der Waals surface area contributed by atoms with Crippen LogP contribution in [0.3, 0.4) is 0 Å². The van der Waals surface area contributed by atoms with Crippen LogP contribution >= 0.6 is 0 Å². The second kappa shape index (κ2) is 12.4. The van der Waals surface area contributed by atoms with Crippen LogP contribution in [-0.4, -0.2) is 82.1 Å². The molecule has 13 heteroatoms. The monoisotopic (exact) mass is 605 g/mol. The van der Waals surface area contributed by atoms with Gasteiger partial charge >= 0.3 is 12.2 Å². The van der Waals surface area contributed by atoms with Crippen LogP contribution in [0.1, 0.15) is 71.8 Å². The second-order valence-electron chi connectivity index (χ2n) is 12.9. The Labute approximate surface area is 249 Å². The van der Waals surface area contributed by atoms with Crippen LogP contribution in [0.4, 0.5) is 19.0 Å². The largest absolute Gasteiger partial charge is 0.460 e. The number of fused-ring (bicyclic) bond motifs is 1. The summed E-state index contributed by atoms with van der Waals surface area (Å²) in [5.41, 5.74) is -0.608. The standard InChI is InChI=1S/C30H42F3N7O3/c1-17(41)35-24-16-19(39-29(2,3)4)6-8-25(24)40-14-11-23(27(40)42)36-26-21-15-18(30(31,32)33)5-7-22(21)37-28(38-26)43-20-9-12-34-13-10-20/h5,7,15,19-20,23-25,34,39H,6,8-14,16H2,1-4H3,(H,35,41)(H,36,37,38)/t19-,23?,24-,25+/m1/s1. The van der Waals surface area contributed by atoms with Crippen molar-refractivity contribution in [1.82, 2.24) is 30.8 Å². The van der Waals surface area contributed by atoms with E-state index in [-0.39, 0.29) is 58.8 Å². The molecule has 1 aromatic heterocycles. The summed E-state index contributed by atoms with van der Waals surface area (Å²) in [6, 6.07) is 2.50. The number of hydrogen-bond acceptors (Lipinski definition) is 8. The maximum atomic E-state index is 13.8. The number of hydrogen-bond donors (Lipinski definition) is 4. The highest BCUT2D eigenvalue weighted by Crippen LogP contribution is 2.35. The summed E-state index contributed by atoms with van der Waals surface area (Å²) >= 11 is 0. The number of piperidine rings is 1. The van der Waals surface area contributed by atoms with Crippen molar-refractivity contribution in [3.63, 3.8) is 0 Å². The quantitative estimate of drug-likeness (QED) is 0.378. The van der Waals surface area contributed by atoms with E-state index in [4.69, 9.17) is 4.74 Å². The third-order valence-electron chi connectivity index (χ3n) is 8.35. The van der Waals surface area contributed by atoms with E-state index in [1.165, 1.54) is 13.0 Å². The van der Waals surface area contributed by atoms with E-state index in [2.05, 4.69) is 52.0 Å². The van der Waals surface area contributed by atoms with Crippen LogP contribution in [0.2, 0.25) is 0 Å². The number of rotatable bonds is 7. The van der Waals surface area contributed by atoms with E-state index in [9.17, 15) is 22.8 Å². The highest BCUT2D eigenvalue weighted by molar-refractivity contribution is 5.93. The van der Waals surface area contributed by atoms with Gasteiger partial charge in [-0.2, -0.15) is 23.1 Å². The molecule has 5 rings (SSSR count). The number of likely N-dealkylation sites (tertiary alicyclic amines) is 1. The first kappa shape index (κ1) is 31.2. The Morgan fingerprint density at radius 3 is 2.49 bits per heavy atom. The summed E-state index contributed by atoms with van der Waals surface area (Å²) < 4.78 is 46.9. The Morgan fingerprint density at radius 2 is 1.81 bits per heavy atom. The predicted molar refractivity (Wildman–Crippen MR) is 157 cm³/mol. The van der Waals surface area contributed by atoms with Gasteiger partial charge in [0, 0.05) is 30.4 Å². The van der Waals surface area contributed by atoms with Crippen LogP contribution < -0.4 is 26.0 Å². The molecule has 0 spiro atoms. The van der Waals surface area contributed by atoms with E-state index < -0.39 is 17.8 Å². The van der Waals surface area contributed by atoms with Gasteiger partial charge in [0.05, 0.1) is 23.2 Å². The Balaban J connectivity index is 1.38. The van der Waals surface area contributed by atoms with Gasteiger partial charge in [-0.3, -0.25) is 9.59 Å². The van der Waals surface area contributed by atoms with Crippen molar-refractivity contribution in [3.05, 3.63) is 23.8 Å². The number of benzene rings is 1. The van der Waals surface area contributed by atoms with Crippen LogP contribution in [-0.2, 0) is 15.8 Å². The summed E-state index contributed by atoms with van der Waals surface area (Å²) in [4.78, 5) is 36.6. The maximum absolute atomic E-state index is 13.8. The smallest absolute Gasteiger partial charge is 0.416 e. The lowest BCUT2D eigenvalue weighted by molar-refractivity contribution is -0.137. The van der Waals surface area contributed by atoms with Crippen molar-refractivity contribution in [2.75, 3.05) is 25.0 Å². The summed E-state index contributed by atoms with van der Waals surface area (Å²) in [6.45, 7) is 9.83. The number of aromatic nitrogens is 2. The number of anilines is 1. The zero-order valence-electron chi connectivity index (χ0n) is 25.2. The molecule has 4 atom stereocenters. The molecule has 1 unspecified atom stereocenters. The van der Waals surface area contributed by atoms with Gasteiger partial charge in [-0.1, -0.05) is 0 Å². The number of amides is 2. The lowest BCUT2D eigenvalue weighted by Gasteiger charge is -2.43. The van der Waals surface area contributed by atoms with E-state index in [1.807, 2.05) is 4.90 Å². The van der Waals surface area contributed by atoms with Crippen LogP contribution in [0.5, 0.6) is 6.01 Å². The molecule has 1 aromatic carbocycles. The van der Waals surface area contributed by atoms with E-state index >= 15 is 0 Å². The molecular formula is C30H42F3N7O3. The third kappa shape index (κ3) is 7.67. The SMILES string of the molecule is CC(=O)N[C@@H]1C[C@H](NC(C)(C)C)CC[C@@H]1N1CCC(Nc2nc(OC3CCNCC3)nc3ccc(C(F)(F)F)cc23)C1=O. The van der Waals surface area contributed by atoms with Crippen molar-refractivity contribution >= 4 is 28.5 Å². The van der Waals surface area contributed by atoms with Gasteiger partial charge in [0.25, 0.3) is 0 Å². The normalized spacial score (nSPS) is 25.7. The third-order valence-corrected chi connectivity index (χ3v) is 8.35. The number of halogens is 3. The zero-order chi connectivity index (χ0) is 30.9. The predicted octanol–water partition coefficient (Wildman–Crippen LogP) is 3.61. The van der Waals surface area contributed by atoms with Gasteiger partial charge in [-0.05, 0) is 90.6 Å². The van der Waals surface area contributed by atoms with Crippen molar-refractivity contribution in [3.8, 4) is 6.01 Å². The van der Waals surface area contributed by atoms with E-state index in [0.717, 1.165) is 50.9 Å². The molecule has 0 bridgehead atoms. The van der Waals surface area contributed by atoms with Gasteiger partial charge in [0.1, 0.15) is 18.0 Å². The fourth-order valence-corrected chi connectivity index (χ4v) is 6.53. The van der Waals surface area contributed by atoms with Gasteiger partial charge in [0.15, 0.2) is 0 Å². The lowest BCUT2D eigenvalue weighted by Crippen LogP contribution is -2.59. The van der Waals surface area contributed by atoms with Gasteiger partial charge < -0.3 is 30.9 Å². The van der Waals surface area contributed by atoms with E-state index in [0.29, 0.717) is 24.9 Å². The Hall–Kier alpha value is -3.19. The number of nitrogens with zero attached hydrogens (tertiary/aromatic N) is 3. The molecule has 0 radical (unpaired) electrons. The first-order valence-electron chi connectivity index (χ1n) is 15.1. The first-order chi connectivity index (χ1) is 20.3. The summed E-state index contributed by atoms with van der Waals surface area (Å²) in [7, 11) is 0. The van der Waals surface area contributed by atoms with Crippen LogP contribution in [0, 0.1) is 0 Å². The zero-order valence-corrected chi connectivity index (χ0v) is 25.2. The Kier molecular flexibility index (Phi) is 9.03. The maximum Gasteiger partial charge on any atom is 0.416 e. The molecule has 2 amide bonds. The molecule has 4 N–H and O–H groups in total. The van der Waals surface area contributed by atoms with Gasteiger partial charge in [0.2, 0.25) is 11.8 Å². The number of nitrogens with one attached hydrogen (secondary N) is 4. The fraction of sp³-hybridized carbons (Fsp3) is 0.667. The number of carbonyl (C=O) groups excluding carboxylic acids is 2. The Morgan fingerprint density at radius 1 is 1.07 bits per heavy atom. The van der Waals surface area contributed by atoms with Crippen molar-refractivity contribution in [1.29, 1.82) is 0 Å². The molecule has 2 aliphatic heterocycles. The fourth-order valence-electron chi connectivity index (χ4n) is 6.53. The molecule has 2 saturated heterocycles. The molecule has 2 aromatic rings. The molecular weight excluding hydrogens is 563 g/mol. The molecule has 1 aliphatic carbocycles. The lowest BCUT2D eigenvalue weighted by atomic mass is 9.84. The minimum atomic E-state index is -4.55. The Bertz CT molecular complexity index is 1330. The summed E-state index contributed by atoms with van der Waals surface area (Å²) in [5, 5.41) is 13.3. The summed E-state index contributed by atoms with van der Waals surface area (Å²) in [5.74, 6) is -0.180. The highest BCUT2D eigenvalue weighted by atomic mass is 19.4.